The molecule has 3 aliphatic rings. The van der Waals surface area contributed by atoms with Gasteiger partial charge in [-0.3, -0.25) is 10.8 Å². The Morgan fingerprint density at radius 2 is 0.956 bits per heavy atom. The van der Waals surface area contributed by atoms with Gasteiger partial charge in [-0.15, -0.1) is 0 Å². The molecule has 2 aliphatic carbocycles. The Hall–Kier alpha value is -9.06. The summed E-state index contributed by atoms with van der Waals surface area (Å²) in [5.41, 5.74) is 19.7. The third-order valence-corrected chi connectivity index (χ3v) is 13.5. The van der Waals surface area contributed by atoms with Crippen molar-refractivity contribution in [3.8, 4) is 22.3 Å². The standard InChI is InChI=1S/C63H43N5/c64-59(43-21-6-2-7-22-43)58(42-19-4-1-5-20-42)60-48-28-11-10-25-45(48)39-57(67-60)46-26-18-27-47(38-46)61(65)68-62(44-23-8-3-9-24-44)66-40-41-35-36-52-51-31-14-17-34-55(51)63(56(52)37-41)53-32-15-12-29-49(53)50-30-13-16-33-54(50)63/h1-40,64-65,67H/b60-58-,64-59?,65-61?,66-40?,68-62?. The van der Waals surface area contributed by atoms with Crippen LogP contribution in [0.15, 0.2) is 241 Å². The number of hydrogen-bond acceptors (Lipinski definition) is 3. The Bertz CT molecular complexity index is 3550. The minimum Gasteiger partial charge on any atom is -0.354 e. The zero-order chi connectivity index (χ0) is 45.6. The Morgan fingerprint density at radius 3 is 1.59 bits per heavy atom. The van der Waals surface area contributed by atoms with Gasteiger partial charge in [-0.1, -0.05) is 218 Å². The van der Waals surface area contributed by atoms with Crippen LogP contribution in [-0.2, 0) is 5.41 Å². The predicted molar refractivity (Wildman–Crippen MR) is 281 cm³/mol. The highest BCUT2D eigenvalue weighted by molar-refractivity contribution is 6.36. The van der Waals surface area contributed by atoms with Crippen LogP contribution >= 0.6 is 0 Å². The van der Waals surface area contributed by atoms with Crippen molar-refractivity contribution >= 4 is 46.6 Å². The number of fused-ring (bicyclic) bond motifs is 11. The van der Waals surface area contributed by atoms with E-state index in [1.54, 1.807) is 0 Å². The quantitative estimate of drug-likeness (QED) is 0.108. The van der Waals surface area contributed by atoms with Gasteiger partial charge in [0.2, 0.25) is 0 Å². The molecule has 1 heterocycles. The maximum absolute atomic E-state index is 9.57. The fraction of sp³-hybridized carbons (Fsp3) is 0.0159. The lowest BCUT2D eigenvalue weighted by atomic mass is 9.70. The molecule has 0 aromatic heterocycles. The Morgan fingerprint density at radius 1 is 0.441 bits per heavy atom. The maximum atomic E-state index is 9.57. The molecule has 0 unspecified atom stereocenters. The summed E-state index contributed by atoms with van der Waals surface area (Å²) in [6.07, 6.45) is 4.03. The van der Waals surface area contributed by atoms with Gasteiger partial charge in [-0.25, -0.2) is 9.98 Å². The van der Waals surface area contributed by atoms with E-state index in [-0.39, 0.29) is 5.84 Å². The number of hydrogen-bond donors (Lipinski definition) is 3. The van der Waals surface area contributed by atoms with Crippen LogP contribution < -0.4 is 5.32 Å². The zero-order valence-electron chi connectivity index (χ0n) is 37.0. The van der Waals surface area contributed by atoms with Gasteiger partial charge < -0.3 is 5.32 Å². The van der Waals surface area contributed by atoms with E-state index < -0.39 is 5.41 Å². The number of rotatable bonds is 7. The first-order valence-electron chi connectivity index (χ1n) is 22.9. The number of benzene rings is 9. The van der Waals surface area contributed by atoms with Crippen molar-refractivity contribution < 1.29 is 0 Å². The van der Waals surface area contributed by atoms with Crippen LogP contribution in [0.5, 0.6) is 0 Å². The molecule has 0 saturated heterocycles. The molecule has 1 spiro atoms. The van der Waals surface area contributed by atoms with Crippen LogP contribution in [0.2, 0.25) is 0 Å². The van der Waals surface area contributed by atoms with E-state index in [2.05, 4.69) is 127 Å². The van der Waals surface area contributed by atoms with Gasteiger partial charge >= 0.3 is 0 Å². The fourth-order valence-electron chi connectivity index (χ4n) is 10.5. The van der Waals surface area contributed by atoms with Crippen LogP contribution in [0.25, 0.3) is 45.3 Å². The average molecular weight is 870 g/mol. The highest BCUT2D eigenvalue weighted by Gasteiger charge is 2.51. The first-order valence-corrected chi connectivity index (χ1v) is 22.9. The molecular weight excluding hydrogens is 827 g/mol. The fourth-order valence-corrected chi connectivity index (χ4v) is 10.5. The summed E-state index contributed by atoms with van der Waals surface area (Å²) in [6, 6.07) is 79.3. The van der Waals surface area contributed by atoms with Gasteiger partial charge in [0.05, 0.1) is 16.8 Å². The molecule has 1 aliphatic heterocycles. The summed E-state index contributed by atoms with van der Waals surface area (Å²) in [5, 5.41) is 22.8. The summed E-state index contributed by atoms with van der Waals surface area (Å²) in [7, 11) is 0. The smallest absolute Gasteiger partial charge is 0.161 e. The van der Waals surface area contributed by atoms with Crippen LogP contribution in [-0.4, -0.2) is 23.6 Å². The SMILES string of the molecule is N=C(N=C(N=Cc1ccc2c(c1)C1(c3ccccc3-c3ccccc31)c1ccccc1-2)c1ccccc1)c1cccc(C2=Cc3ccccc3/C(=C(/C(=N)c3ccccc3)c3ccccc3)N2)c1. The molecule has 0 amide bonds. The average Bonchev–Trinajstić information content (AvgIpc) is 3.87. The number of allylic oxidation sites excluding steroid dienone is 1. The van der Waals surface area contributed by atoms with E-state index in [1.165, 1.54) is 44.5 Å². The van der Waals surface area contributed by atoms with Gasteiger partial charge in [-0.05, 0) is 85.0 Å². The minimum atomic E-state index is -0.458. The number of nitrogens with one attached hydrogen (secondary N) is 3. The summed E-state index contributed by atoms with van der Waals surface area (Å²) >= 11 is 0. The van der Waals surface area contributed by atoms with Gasteiger partial charge in [0.25, 0.3) is 0 Å². The van der Waals surface area contributed by atoms with Crippen LogP contribution in [0.1, 0.15) is 66.8 Å². The van der Waals surface area contributed by atoms with Crippen LogP contribution in [0.4, 0.5) is 0 Å². The number of amidine groups is 2. The van der Waals surface area contributed by atoms with Crippen molar-refractivity contribution in [2.24, 2.45) is 9.98 Å². The molecule has 0 bridgehead atoms. The van der Waals surface area contributed by atoms with Gasteiger partial charge in [0.15, 0.2) is 11.7 Å². The second-order valence-corrected chi connectivity index (χ2v) is 17.3. The van der Waals surface area contributed by atoms with Crippen LogP contribution in [0.3, 0.4) is 0 Å². The van der Waals surface area contributed by atoms with E-state index in [9.17, 15) is 10.8 Å². The van der Waals surface area contributed by atoms with Gasteiger partial charge in [-0.2, -0.15) is 0 Å². The first kappa shape index (κ1) is 40.4. The van der Waals surface area contributed by atoms with Crippen molar-refractivity contribution in [1.82, 2.24) is 5.32 Å². The molecule has 5 nitrogen and oxygen atoms in total. The summed E-state index contributed by atoms with van der Waals surface area (Å²) in [6.45, 7) is 0. The lowest BCUT2D eigenvalue weighted by Crippen LogP contribution is -2.26. The van der Waals surface area contributed by atoms with Crippen molar-refractivity contribution in [3.63, 3.8) is 0 Å². The summed E-state index contributed by atoms with van der Waals surface area (Å²) in [5.74, 6) is 0.533. The molecule has 0 radical (unpaired) electrons. The lowest BCUT2D eigenvalue weighted by molar-refractivity contribution is 0.793. The third kappa shape index (κ3) is 6.71. The molecule has 0 saturated carbocycles. The van der Waals surface area contributed by atoms with Crippen LogP contribution in [0, 0.1) is 10.8 Å². The minimum absolute atomic E-state index is 0.0915. The van der Waals surface area contributed by atoms with Gasteiger partial charge in [0.1, 0.15) is 0 Å². The normalized spacial score (nSPS) is 14.5. The number of aliphatic imine (C=N–C) groups is 2. The molecular formula is C63H43N5. The van der Waals surface area contributed by atoms with Crippen molar-refractivity contribution in [3.05, 3.63) is 297 Å². The lowest BCUT2D eigenvalue weighted by Gasteiger charge is -2.30. The largest absolute Gasteiger partial charge is 0.354 e. The Labute approximate surface area is 395 Å². The molecule has 0 atom stereocenters. The summed E-state index contributed by atoms with van der Waals surface area (Å²) < 4.78 is 0. The van der Waals surface area contributed by atoms with Gasteiger partial charge in [0, 0.05) is 39.7 Å². The van der Waals surface area contributed by atoms with Crippen molar-refractivity contribution in [2.45, 2.75) is 5.41 Å². The topological polar surface area (TPSA) is 84.5 Å². The van der Waals surface area contributed by atoms with E-state index in [0.29, 0.717) is 17.1 Å². The van der Waals surface area contributed by atoms with E-state index in [1.807, 2.05) is 121 Å². The molecule has 9 aromatic rings. The number of nitrogens with zero attached hydrogens (tertiary/aromatic N) is 2. The molecule has 5 heteroatoms. The van der Waals surface area contributed by atoms with Crippen molar-refractivity contribution in [2.75, 3.05) is 0 Å². The zero-order valence-corrected chi connectivity index (χ0v) is 37.0. The Balaban J connectivity index is 0.918. The molecule has 320 valence electrons. The predicted octanol–water partition coefficient (Wildman–Crippen LogP) is 14.0. The van der Waals surface area contributed by atoms with Crippen molar-refractivity contribution in [1.29, 1.82) is 10.8 Å². The highest BCUT2D eigenvalue weighted by atomic mass is 15.0. The first-order chi connectivity index (χ1) is 33.6. The maximum Gasteiger partial charge on any atom is 0.161 e. The van der Waals surface area contributed by atoms with E-state index in [4.69, 9.17) is 9.98 Å². The molecule has 9 aromatic carbocycles. The summed E-state index contributed by atoms with van der Waals surface area (Å²) in [4.78, 5) is 10.0. The van der Waals surface area contributed by atoms with E-state index in [0.717, 1.165) is 55.9 Å². The molecule has 0 fully saturated rings. The molecule has 3 N–H and O–H groups in total. The monoisotopic (exact) mass is 869 g/mol. The van der Waals surface area contributed by atoms with E-state index >= 15 is 0 Å². The molecule has 12 rings (SSSR count). The third-order valence-electron chi connectivity index (χ3n) is 13.5. The molecule has 68 heavy (non-hydrogen) atoms. The second kappa shape index (κ2) is 16.7. The highest BCUT2D eigenvalue weighted by Crippen LogP contribution is 2.62. The Kier molecular flexibility index (Phi) is 9.96. The second-order valence-electron chi connectivity index (χ2n) is 17.3.